The van der Waals surface area contributed by atoms with Crippen LogP contribution in [0.2, 0.25) is 0 Å². The molecule has 0 unspecified atom stereocenters. The first kappa shape index (κ1) is 14.1. The molecule has 20 heavy (non-hydrogen) atoms. The summed E-state index contributed by atoms with van der Waals surface area (Å²) >= 11 is 0. The summed E-state index contributed by atoms with van der Waals surface area (Å²) in [6.07, 6.45) is 2.00. The third kappa shape index (κ3) is 3.17. The largest absolute Gasteiger partial charge is 0.381 e. The number of anilines is 1. The van der Waals surface area contributed by atoms with Crippen molar-refractivity contribution in [1.29, 1.82) is 0 Å². The first-order valence-corrected chi connectivity index (χ1v) is 6.52. The van der Waals surface area contributed by atoms with Crippen LogP contribution in [0.15, 0.2) is 30.5 Å². The van der Waals surface area contributed by atoms with Gasteiger partial charge in [-0.05, 0) is 25.1 Å². The molecule has 1 N–H and O–H groups in total. The Balaban J connectivity index is 2.09. The second kappa shape index (κ2) is 5.77. The number of hydrogen-bond acceptors (Lipinski definition) is 3. The topological polar surface area (TPSA) is 50.2 Å². The lowest BCUT2D eigenvalue weighted by atomic mass is 10.1. The van der Waals surface area contributed by atoms with E-state index < -0.39 is 0 Å². The Hall–Kier alpha value is -2.30. The highest BCUT2D eigenvalue weighted by Gasteiger charge is 2.08. The smallest absolute Gasteiger partial charge is 0.253 e. The zero-order valence-electron chi connectivity index (χ0n) is 12.3. The maximum Gasteiger partial charge on any atom is 0.253 e. The molecule has 0 saturated carbocycles. The van der Waals surface area contributed by atoms with E-state index in [1.54, 1.807) is 23.7 Å². The van der Waals surface area contributed by atoms with Crippen LogP contribution in [0.1, 0.15) is 21.6 Å². The number of carbonyl (C=O) groups excluding carboxylic acids is 1. The normalized spacial score (nSPS) is 10.4. The van der Waals surface area contributed by atoms with Gasteiger partial charge in [-0.15, -0.1) is 0 Å². The van der Waals surface area contributed by atoms with Gasteiger partial charge in [-0.25, -0.2) is 0 Å². The first-order chi connectivity index (χ1) is 9.47. The van der Waals surface area contributed by atoms with E-state index in [0.29, 0.717) is 12.1 Å². The Morgan fingerprint density at radius 3 is 2.75 bits per heavy atom. The lowest BCUT2D eigenvalue weighted by molar-refractivity contribution is 0.0827. The lowest BCUT2D eigenvalue weighted by Gasteiger charge is -2.12. The summed E-state index contributed by atoms with van der Waals surface area (Å²) in [4.78, 5) is 13.5. The average molecular weight is 272 g/mol. The third-order valence-corrected chi connectivity index (χ3v) is 3.11. The van der Waals surface area contributed by atoms with Crippen molar-refractivity contribution < 1.29 is 4.79 Å². The summed E-state index contributed by atoms with van der Waals surface area (Å²) in [6, 6.07) is 7.53. The Labute approximate surface area is 119 Å². The number of carbonyl (C=O) groups is 1. The molecule has 0 aliphatic rings. The van der Waals surface area contributed by atoms with Crippen molar-refractivity contribution in [2.45, 2.75) is 13.5 Å². The molecule has 5 heteroatoms. The highest BCUT2D eigenvalue weighted by atomic mass is 16.2. The van der Waals surface area contributed by atoms with Gasteiger partial charge in [-0.2, -0.15) is 5.10 Å². The minimum atomic E-state index is 0.00575. The molecule has 0 bridgehead atoms. The summed E-state index contributed by atoms with van der Waals surface area (Å²) in [5, 5.41) is 7.63. The number of hydrogen-bond donors (Lipinski definition) is 1. The van der Waals surface area contributed by atoms with Crippen molar-refractivity contribution in [3.8, 4) is 0 Å². The standard InChI is InChI=1S/C15H20N4O/c1-11-13(10-19(4)17-11)9-16-14-7-5-6-12(8-14)15(20)18(2)3/h5-8,10,16H,9H2,1-4H3. The van der Waals surface area contributed by atoms with Crippen molar-refractivity contribution in [2.24, 2.45) is 7.05 Å². The van der Waals surface area contributed by atoms with Crippen LogP contribution in [-0.4, -0.2) is 34.7 Å². The molecular formula is C15H20N4O. The van der Waals surface area contributed by atoms with E-state index in [4.69, 9.17) is 0 Å². The predicted molar refractivity (Wildman–Crippen MR) is 79.7 cm³/mol. The molecule has 0 radical (unpaired) electrons. The molecule has 0 fully saturated rings. The Kier molecular flexibility index (Phi) is 4.08. The van der Waals surface area contributed by atoms with Gasteiger partial charge in [-0.3, -0.25) is 9.48 Å². The summed E-state index contributed by atoms with van der Waals surface area (Å²) < 4.78 is 1.80. The number of amides is 1. The van der Waals surface area contributed by atoms with Crippen LogP contribution in [0, 0.1) is 6.92 Å². The van der Waals surface area contributed by atoms with Crippen molar-refractivity contribution in [3.05, 3.63) is 47.3 Å². The molecule has 1 heterocycles. The van der Waals surface area contributed by atoms with Crippen LogP contribution in [-0.2, 0) is 13.6 Å². The molecule has 0 saturated heterocycles. The van der Waals surface area contributed by atoms with E-state index in [0.717, 1.165) is 16.9 Å². The van der Waals surface area contributed by atoms with Crippen LogP contribution < -0.4 is 5.32 Å². The first-order valence-electron chi connectivity index (χ1n) is 6.52. The van der Waals surface area contributed by atoms with Crippen molar-refractivity contribution in [3.63, 3.8) is 0 Å². The number of aromatic nitrogens is 2. The second-order valence-corrected chi connectivity index (χ2v) is 5.05. The van der Waals surface area contributed by atoms with E-state index >= 15 is 0 Å². The number of nitrogens with one attached hydrogen (secondary N) is 1. The zero-order chi connectivity index (χ0) is 14.7. The average Bonchev–Trinajstić information content (AvgIpc) is 2.74. The van der Waals surface area contributed by atoms with E-state index in [1.165, 1.54) is 0 Å². The van der Waals surface area contributed by atoms with Crippen molar-refractivity contribution >= 4 is 11.6 Å². The third-order valence-electron chi connectivity index (χ3n) is 3.11. The van der Waals surface area contributed by atoms with Crippen LogP contribution in [0.25, 0.3) is 0 Å². The molecule has 2 rings (SSSR count). The second-order valence-electron chi connectivity index (χ2n) is 5.05. The quantitative estimate of drug-likeness (QED) is 0.926. The minimum absolute atomic E-state index is 0.00575. The molecule has 1 aromatic heterocycles. The molecule has 0 aliphatic heterocycles. The molecule has 0 aliphatic carbocycles. The minimum Gasteiger partial charge on any atom is -0.381 e. The van der Waals surface area contributed by atoms with Crippen LogP contribution in [0.3, 0.4) is 0 Å². The van der Waals surface area contributed by atoms with Crippen LogP contribution in [0.5, 0.6) is 0 Å². The Bertz CT molecular complexity index is 616. The van der Waals surface area contributed by atoms with Crippen LogP contribution in [0.4, 0.5) is 5.69 Å². The van der Waals surface area contributed by atoms with Gasteiger partial charge < -0.3 is 10.2 Å². The molecule has 2 aromatic rings. The molecule has 5 nitrogen and oxygen atoms in total. The summed E-state index contributed by atoms with van der Waals surface area (Å²) in [7, 11) is 5.41. The van der Waals surface area contributed by atoms with Gasteiger partial charge >= 0.3 is 0 Å². The van der Waals surface area contributed by atoms with Crippen molar-refractivity contribution in [1.82, 2.24) is 14.7 Å². The predicted octanol–water partition coefficient (Wildman–Crippen LogP) is 2.04. The zero-order valence-corrected chi connectivity index (χ0v) is 12.3. The van der Waals surface area contributed by atoms with E-state index in [-0.39, 0.29) is 5.91 Å². The van der Waals surface area contributed by atoms with Gasteiger partial charge in [0.2, 0.25) is 0 Å². The monoisotopic (exact) mass is 272 g/mol. The summed E-state index contributed by atoms with van der Waals surface area (Å²) in [5.74, 6) is 0.00575. The molecule has 0 atom stereocenters. The Morgan fingerprint density at radius 1 is 1.40 bits per heavy atom. The van der Waals surface area contributed by atoms with Gasteiger partial charge in [0.05, 0.1) is 5.69 Å². The van der Waals surface area contributed by atoms with Crippen LogP contribution >= 0.6 is 0 Å². The molecule has 0 spiro atoms. The van der Waals surface area contributed by atoms with Gasteiger partial charge in [0.15, 0.2) is 0 Å². The van der Waals surface area contributed by atoms with E-state index in [2.05, 4.69) is 10.4 Å². The van der Waals surface area contributed by atoms with Gasteiger partial charge in [0.1, 0.15) is 0 Å². The SMILES string of the molecule is Cc1nn(C)cc1CNc1cccc(C(=O)N(C)C)c1. The van der Waals surface area contributed by atoms with E-state index in [1.807, 2.05) is 44.4 Å². The molecule has 1 aromatic carbocycles. The highest BCUT2D eigenvalue weighted by molar-refractivity contribution is 5.94. The summed E-state index contributed by atoms with van der Waals surface area (Å²) in [6.45, 7) is 2.68. The fraction of sp³-hybridized carbons (Fsp3) is 0.333. The molecule has 106 valence electrons. The number of benzene rings is 1. The Morgan fingerprint density at radius 2 is 2.15 bits per heavy atom. The number of aryl methyl sites for hydroxylation is 2. The van der Waals surface area contributed by atoms with Gasteiger partial charge in [-0.1, -0.05) is 6.07 Å². The highest BCUT2D eigenvalue weighted by Crippen LogP contribution is 2.14. The number of rotatable bonds is 4. The van der Waals surface area contributed by atoms with Gasteiger partial charge in [0, 0.05) is 50.7 Å². The fourth-order valence-corrected chi connectivity index (χ4v) is 2.04. The summed E-state index contributed by atoms with van der Waals surface area (Å²) in [5.41, 5.74) is 3.78. The lowest BCUT2D eigenvalue weighted by Crippen LogP contribution is -2.21. The fourth-order valence-electron chi connectivity index (χ4n) is 2.04. The number of nitrogens with zero attached hydrogens (tertiary/aromatic N) is 3. The molecular weight excluding hydrogens is 252 g/mol. The maximum atomic E-state index is 11.9. The van der Waals surface area contributed by atoms with Crippen molar-refractivity contribution in [2.75, 3.05) is 19.4 Å². The van der Waals surface area contributed by atoms with E-state index in [9.17, 15) is 4.79 Å². The van der Waals surface area contributed by atoms with Gasteiger partial charge in [0.25, 0.3) is 5.91 Å². The maximum absolute atomic E-state index is 11.9. The molecule has 1 amide bonds.